The zero-order chi connectivity index (χ0) is 17.1. The van der Waals surface area contributed by atoms with Crippen LogP contribution in [0.1, 0.15) is 26.3 Å². The minimum Gasteiger partial charge on any atom is -0.493 e. The van der Waals surface area contributed by atoms with Gasteiger partial charge in [0.05, 0.1) is 13.7 Å². The molecule has 0 amide bonds. The molecule has 0 fully saturated rings. The van der Waals surface area contributed by atoms with Crippen molar-refractivity contribution in [3.8, 4) is 23.8 Å². The predicted molar refractivity (Wildman–Crippen MR) is 95.0 cm³/mol. The maximum Gasteiger partial charge on any atom is 0.191 e. The van der Waals surface area contributed by atoms with E-state index < -0.39 is 0 Å². The minimum atomic E-state index is 0.210. The zero-order valence-electron chi connectivity index (χ0n) is 14.5. The van der Waals surface area contributed by atoms with Crippen molar-refractivity contribution >= 4 is 5.96 Å². The Morgan fingerprint density at radius 2 is 2.09 bits per heavy atom. The molecule has 2 N–H and O–H groups in total. The molecule has 0 bridgehead atoms. The molecular weight excluding hydrogens is 290 g/mol. The molecule has 1 aromatic rings. The first-order chi connectivity index (χ1) is 11.1. The van der Waals surface area contributed by atoms with E-state index in [2.05, 4.69) is 35.4 Å². The highest BCUT2D eigenvalue weighted by molar-refractivity contribution is 5.79. The van der Waals surface area contributed by atoms with Crippen molar-refractivity contribution in [1.29, 1.82) is 0 Å². The van der Waals surface area contributed by atoms with E-state index in [0.29, 0.717) is 24.0 Å². The van der Waals surface area contributed by atoms with Gasteiger partial charge in [-0.1, -0.05) is 25.8 Å². The van der Waals surface area contributed by atoms with Crippen LogP contribution in [0.5, 0.6) is 11.5 Å². The fourth-order valence-corrected chi connectivity index (χ4v) is 1.86. The predicted octanol–water partition coefficient (Wildman–Crippen LogP) is 2.42. The summed E-state index contributed by atoms with van der Waals surface area (Å²) in [5, 5.41) is 6.55. The molecule has 5 heteroatoms. The van der Waals surface area contributed by atoms with Gasteiger partial charge < -0.3 is 20.1 Å². The van der Waals surface area contributed by atoms with Crippen LogP contribution in [0.3, 0.4) is 0 Å². The Morgan fingerprint density at radius 3 is 2.70 bits per heavy atom. The topological polar surface area (TPSA) is 54.9 Å². The van der Waals surface area contributed by atoms with Gasteiger partial charge in [-0.05, 0) is 30.5 Å². The maximum atomic E-state index is 5.51. The summed E-state index contributed by atoms with van der Waals surface area (Å²) in [4.78, 5) is 4.59. The first-order valence-electron chi connectivity index (χ1n) is 7.86. The quantitative estimate of drug-likeness (QED) is 0.439. The highest BCUT2D eigenvalue weighted by Gasteiger charge is 2.06. The van der Waals surface area contributed by atoms with Crippen LogP contribution in [-0.4, -0.2) is 32.8 Å². The number of terminal acetylenes is 1. The fourth-order valence-electron chi connectivity index (χ4n) is 1.86. The summed E-state index contributed by atoms with van der Waals surface area (Å²) in [6.07, 6.45) is 5.24. The molecule has 0 atom stereocenters. The molecular formula is C18H27N3O2. The number of rotatable bonds is 8. The number of nitrogens with one attached hydrogen (secondary N) is 2. The lowest BCUT2D eigenvalue weighted by Gasteiger charge is -2.13. The summed E-state index contributed by atoms with van der Waals surface area (Å²) in [5.41, 5.74) is 1.03. The number of nitrogens with zero attached hydrogens (tertiary/aromatic N) is 1. The minimum absolute atomic E-state index is 0.210. The van der Waals surface area contributed by atoms with E-state index in [1.165, 1.54) is 0 Å². The third-order valence-electron chi connectivity index (χ3n) is 2.98. The van der Waals surface area contributed by atoms with Gasteiger partial charge in [-0.25, -0.2) is 4.99 Å². The standard InChI is InChI=1S/C18H27N3O2/c1-6-10-23-17-11-15(8-9-16(17)22-5)13-21-18(19-7-2)20-12-14(3)4/h1,8-9,11,14H,7,10,12-13H2,2-5H3,(H2,19,20,21). The Bertz CT molecular complexity index is 548. The van der Waals surface area contributed by atoms with Gasteiger partial charge in [-0.2, -0.15) is 0 Å². The van der Waals surface area contributed by atoms with Crippen LogP contribution in [-0.2, 0) is 6.54 Å². The average Bonchev–Trinajstić information content (AvgIpc) is 2.55. The highest BCUT2D eigenvalue weighted by Crippen LogP contribution is 2.28. The van der Waals surface area contributed by atoms with Crippen molar-refractivity contribution in [3.63, 3.8) is 0 Å². The fraction of sp³-hybridized carbons (Fsp3) is 0.500. The van der Waals surface area contributed by atoms with E-state index in [1.807, 2.05) is 25.1 Å². The van der Waals surface area contributed by atoms with Crippen molar-refractivity contribution in [2.75, 3.05) is 26.8 Å². The Hall–Kier alpha value is -2.35. The summed E-state index contributed by atoms with van der Waals surface area (Å²) >= 11 is 0. The molecule has 0 unspecified atom stereocenters. The van der Waals surface area contributed by atoms with Gasteiger partial charge in [0.1, 0.15) is 6.61 Å². The Morgan fingerprint density at radius 1 is 1.30 bits per heavy atom. The van der Waals surface area contributed by atoms with E-state index in [-0.39, 0.29) is 6.61 Å². The molecule has 0 spiro atoms. The smallest absolute Gasteiger partial charge is 0.191 e. The highest BCUT2D eigenvalue weighted by atomic mass is 16.5. The number of guanidine groups is 1. The number of benzene rings is 1. The second kappa shape index (κ2) is 10.4. The number of hydrogen-bond acceptors (Lipinski definition) is 3. The van der Waals surface area contributed by atoms with Crippen LogP contribution in [0, 0.1) is 18.3 Å². The summed E-state index contributed by atoms with van der Waals surface area (Å²) in [7, 11) is 1.61. The van der Waals surface area contributed by atoms with E-state index in [4.69, 9.17) is 15.9 Å². The van der Waals surface area contributed by atoms with Crippen molar-refractivity contribution in [2.24, 2.45) is 10.9 Å². The van der Waals surface area contributed by atoms with Gasteiger partial charge in [0.2, 0.25) is 0 Å². The molecule has 5 nitrogen and oxygen atoms in total. The van der Waals surface area contributed by atoms with Gasteiger partial charge in [0, 0.05) is 13.1 Å². The third kappa shape index (κ3) is 6.96. The number of aliphatic imine (C=N–C) groups is 1. The van der Waals surface area contributed by atoms with Crippen molar-refractivity contribution < 1.29 is 9.47 Å². The summed E-state index contributed by atoms with van der Waals surface area (Å²) in [6, 6.07) is 5.74. The SMILES string of the molecule is C#CCOc1cc(CN=C(NCC)NCC(C)C)ccc1OC. The van der Waals surface area contributed by atoms with E-state index in [0.717, 1.165) is 24.6 Å². The first kappa shape index (κ1) is 18.7. The summed E-state index contributed by atoms with van der Waals surface area (Å²) in [6.45, 7) is 8.83. The molecule has 0 aliphatic carbocycles. The van der Waals surface area contributed by atoms with Crippen LogP contribution in [0.4, 0.5) is 0 Å². The lowest BCUT2D eigenvalue weighted by Crippen LogP contribution is -2.39. The van der Waals surface area contributed by atoms with E-state index >= 15 is 0 Å². The molecule has 1 aromatic carbocycles. The first-order valence-corrected chi connectivity index (χ1v) is 7.86. The molecule has 0 heterocycles. The molecule has 0 radical (unpaired) electrons. The second-order valence-electron chi connectivity index (χ2n) is 5.45. The van der Waals surface area contributed by atoms with Gasteiger partial charge in [0.15, 0.2) is 17.5 Å². The van der Waals surface area contributed by atoms with Crippen LogP contribution < -0.4 is 20.1 Å². The number of methoxy groups -OCH3 is 1. The monoisotopic (exact) mass is 317 g/mol. The molecule has 0 aliphatic rings. The largest absolute Gasteiger partial charge is 0.493 e. The van der Waals surface area contributed by atoms with Gasteiger partial charge in [-0.15, -0.1) is 6.42 Å². The van der Waals surface area contributed by atoms with Crippen molar-refractivity contribution in [2.45, 2.75) is 27.3 Å². The maximum absolute atomic E-state index is 5.51. The van der Waals surface area contributed by atoms with Crippen LogP contribution in [0.15, 0.2) is 23.2 Å². The molecule has 0 saturated carbocycles. The second-order valence-corrected chi connectivity index (χ2v) is 5.45. The zero-order valence-corrected chi connectivity index (χ0v) is 14.5. The summed E-state index contributed by atoms with van der Waals surface area (Å²) < 4.78 is 10.8. The molecule has 0 saturated heterocycles. The lowest BCUT2D eigenvalue weighted by molar-refractivity contribution is 0.330. The molecule has 1 rings (SSSR count). The average molecular weight is 317 g/mol. The van der Waals surface area contributed by atoms with Crippen molar-refractivity contribution in [3.05, 3.63) is 23.8 Å². The lowest BCUT2D eigenvalue weighted by atomic mass is 10.2. The van der Waals surface area contributed by atoms with E-state index in [1.54, 1.807) is 7.11 Å². The van der Waals surface area contributed by atoms with E-state index in [9.17, 15) is 0 Å². The number of hydrogen-bond donors (Lipinski definition) is 2. The molecule has 0 aliphatic heterocycles. The Kier molecular flexibility index (Phi) is 8.45. The molecule has 126 valence electrons. The Balaban J connectivity index is 2.80. The Labute approximate surface area is 139 Å². The number of ether oxygens (including phenoxy) is 2. The molecule has 23 heavy (non-hydrogen) atoms. The van der Waals surface area contributed by atoms with Crippen LogP contribution in [0.2, 0.25) is 0 Å². The van der Waals surface area contributed by atoms with Gasteiger partial charge >= 0.3 is 0 Å². The summed E-state index contributed by atoms with van der Waals surface area (Å²) in [5.74, 6) is 5.13. The van der Waals surface area contributed by atoms with Gasteiger partial charge in [0.25, 0.3) is 0 Å². The molecule has 0 aromatic heterocycles. The normalized spacial score (nSPS) is 11.0. The van der Waals surface area contributed by atoms with Crippen LogP contribution >= 0.6 is 0 Å². The van der Waals surface area contributed by atoms with Crippen LogP contribution in [0.25, 0.3) is 0 Å². The van der Waals surface area contributed by atoms with Crippen molar-refractivity contribution in [1.82, 2.24) is 10.6 Å². The van der Waals surface area contributed by atoms with Gasteiger partial charge in [-0.3, -0.25) is 0 Å². The third-order valence-corrected chi connectivity index (χ3v) is 2.98.